The van der Waals surface area contributed by atoms with Crippen molar-refractivity contribution in [2.45, 2.75) is 19.9 Å². The molecule has 0 spiro atoms. The van der Waals surface area contributed by atoms with E-state index >= 15 is 0 Å². The second-order valence-corrected chi connectivity index (χ2v) is 4.69. The third kappa shape index (κ3) is 3.57. The van der Waals surface area contributed by atoms with E-state index in [4.69, 9.17) is 5.11 Å². The van der Waals surface area contributed by atoms with Gasteiger partial charge in [-0.15, -0.1) is 0 Å². The first-order valence-corrected chi connectivity index (χ1v) is 5.87. The zero-order chi connectivity index (χ0) is 12.1. The van der Waals surface area contributed by atoms with Crippen LogP contribution < -0.4 is 5.32 Å². The van der Waals surface area contributed by atoms with Crippen LogP contribution in [0.3, 0.4) is 0 Å². The summed E-state index contributed by atoms with van der Waals surface area (Å²) < 4.78 is 0.616. The Balaban J connectivity index is 2.72. The van der Waals surface area contributed by atoms with Gasteiger partial charge >= 0.3 is 0 Å². The van der Waals surface area contributed by atoms with Gasteiger partial charge in [0.2, 0.25) is 0 Å². The monoisotopic (exact) mass is 286 g/mol. The molecular weight excluding hydrogens is 272 g/mol. The molecule has 1 amide bonds. The van der Waals surface area contributed by atoms with E-state index in [1.165, 1.54) is 0 Å². The lowest BCUT2D eigenvalue weighted by Crippen LogP contribution is -2.41. The van der Waals surface area contributed by atoms with Gasteiger partial charge in [-0.1, -0.05) is 13.8 Å². The molecule has 0 fully saturated rings. The number of hydrogen-bond donors (Lipinski definition) is 2. The first-order valence-electron chi connectivity index (χ1n) is 5.08. The molecule has 0 aromatic carbocycles. The van der Waals surface area contributed by atoms with Crippen LogP contribution in [0.15, 0.2) is 22.9 Å². The first kappa shape index (κ1) is 13.1. The van der Waals surface area contributed by atoms with Crippen molar-refractivity contribution in [2.24, 2.45) is 5.92 Å². The number of amides is 1. The Bertz CT molecular complexity index is 369. The van der Waals surface area contributed by atoms with Crippen molar-refractivity contribution in [1.29, 1.82) is 0 Å². The zero-order valence-electron chi connectivity index (χ0n) is 9.27. The highest BCUT2D eigenvalue weighted by molar-refractivity contribution is 9.10. The molecule has 0 bridgehead atoms. The second kappa shape index (κ2) is 5.96. The van der Waals surface area contributed by atoms with Crippen molar-refractivity contribution in [3.8, 4) is 0 Å². The van der Waals surface area contributed by atoms with Crippen molar-refractivity contribution in [1.82, 2.24) is 10.3 Å². The Morgan fingerprint density at radius 2 is 2.31 bits per heavy atom. The van der Waals surface area contributed by atoms with Gasteiger partial charge in [0, 0.05) is 11.8 Å². The van der Waals surface area contributed by atoms with Gasteiger partial charge < -0.3 is 10.4 Å². The summed E-state index contributed by atoms with van der Waals surface area (Å²) in [4.78, 5) is 15.7. The number of carbonyl (C=O) groups is 1. The van der Waals surface area contributed by atoms with E-state index in [0.29, 0.717) is 10.2 Å². The number of hydrogen-bond acceptors (Lipinski definition) is 3. The molecule has 1 atom stereocenters. The average Bonchev–Trinajstić information content (AvgIpc) is 2.25. The summed E-state index contributed by atoms with van der Waals surface area (Å²) in [6.07, 6.45) is 1.56. The van der Waals surface area contributed by atoms with Crippen LogP contribution in [0.5, 0.6) is 0 Å². The summed E-state index contributed by atoms with van der Waals surface area (Å²) in [6.45, 7) is 3.84. The summed E-state index contributed by atoms with van der Waals surface area (Å²) in [7, 11) is 0. The number of rotatable bonds is 4. The molecule has 16 heavy (non-hydrogen) atoms. The maximum atomic E-state index is 11.8. The molecule has 88 valence electrons. The predicted octanol–water partition coefficient (Wildman–Crippen LogP) is 1.59. The smallest absolute Gasteiger partial charge is 0.251 e. The summed E-state index contributed by atoms with van der Waals surface area (Å²) in [5.41, 5.74) is 0.529. The van der Waals surface area contributed by atoms with E-state index in [2.05, 4.69) is 26.2 Å². The fourth-order valence-electron chi connectivity index (χ4n) is 1.22. The molecule has 5 heteroatoms. The number of aromatic nitrogens is 1. The van der Waals surface area contributed by atoms with E-state index in [-0.39, 0.29) is 24.5 Å². The molecule has 0 saturated heterocycles. The normalized spacial score (nSPS) is 12.6. The minimum Gasteiger partial charge on any atom is -0.394 e. The van der Waals surface area contributed by atoms with Gasteiger partial charge in [-0.3, -0.25) is 4.79 Å². The van der Waals surface area contributed by atoms with Gasteiger partial charge in [0.15, 0.2) is 0 Å². The highest BCUT2D eigenvalue weighted by atomic mass is 79.9. The quantitative estimate of drug-likeness (QED) is 0.827. The van der Waals surface area contributed by atoms with Gasteiger partial charge in [0.05, 0.1) is 12.6 Å². The third-order valence-corrected chi connectivity index (χ3v) is 2.74. The van der Waals surface area contributed by atoms with E-state index in [1.807, 2.05) is 13.8 Å². The molecule has 0 aliphatic carbocycles. The van der Waals surface area contributed by atoms with E-state index in [1.54, 1.807) is 18.3 Å². The molecule has 1 rings (SSSR count). The molecule has 0 saturated carbocycles. The molecule has 0 aliphatic heterocycles. The maximum absolute atomic E-state index is 11.8. The number of aliphatic hydroxyl groups excluding tert-OH is 1. The van der Waals surface area contributed by atoms with Crippen molar-refractivity contribution < 1.29 is 9.90 Å². The zero-order valence-corrected chi connectivity index (χ0v) is 10.9. The SMILES string of the molecule is CC(C)C(CO)NC(=O)c1ccnc(Br)c1. The number of carbonyl (C=O) groups excluding carboxylic acids is 1. The highest BCUT2D eigenvalue weighted by Gasteiger charge is 2.16. The van der Waals surface area contributed by atoms with Crippen LogP contribution in [0.4, 0.5) is 0 Å². The fraction of sp³-hybridized carbons (Fsp3) is 0.455. The molecular formula is C11H15BrN2O2. The Kier molecular flexibility index (Phi) is 4.89. The first-order chi connectivity index (χ1) is 7.54. The minimum atomic E-state index is -0.223. The summed E-state index contributed by atoms with van der Waals surface area (Å²) >= 11 is 3.20. The van der Waals surface area contributed by atoms with Crippen LogP contribution in [-0.2, 0) is 0 Å². The van der Waals surface area contributed by atoms with Gasteiger partial charge in [-0.25, -0.2) is 4.98 Å². The van der Waals surface area contributed by atoms with Crippen LogP contribution in [0.2, 0.25) is 0 Å². The molecule has 1 aromatic rings. The van der Waals surface area contributed by atoms with Gasteiger partial charge in [0.1, 0.15) is 4.60 Å². The third-order valence-electron chi connectivity index (χ3n) is 2.31. The molecule has 1 unspecified atom stereocenters. The Labute approximate surface area is 103 Å². The molecule has 1 heterocycles. The van der Waals surface area contributed by atoms with Crippen molar-refractivity contribution >= 4 is 21.8 Å². The van der Waals surface area contributed by atoms with E-state index in [0.717, 1.165) is 0 Å². The number of pyridine rings is 1. The van der Waals surface area contributed by atoms with Crippen LogP contribution in [0.1, 0.15) is 24.2 Å². The van der Waals surface area contributed by atoms with Crippen molar-refractivity contribution in [3.63, 3.8) is 0 Å². The standard InChI is InChI=1S/C11H15BrN2O2/c1-7(2)9(6-15)14-11(16)8-3-4-13-10(12)5-8/h3-5,7,9,15H,6H2,1-2H3,(H,14,16). The summed E-state index contributed by atoms with van der Waals surface area (Å²) in [6, 6.07) is 3.05. The minimum absolute atomic E-state index is 0.0599. The Morgan fingerprint density at radius 1 is 1.62 bits per heavy atom. The second-order valence-electron chi connectivity index (χ2n) is 3.87. The lowest BCUT2D eigenvalue weighted by Gasteiger charge is -2.19. The predicted molar refractivity (Wildman–Crippen MR) is 65.1 cm³/mol. The molecule has 2 N–H and O–H groups in total. The average molecular weight is 287 g/mol. The van der Waals surface area contributed by atoms with E-state index in [9.17, 15) is 4.79 Å². The highest BCUT2D eigenvalue weighted by Crippen LogP contribution is 2.09. The summed E-state index contributed by atoms with van der Waals surface area (Å²) in [5, 5.41) is 11.9. The molecule has 0 aliphatic rings. The van der Waals surface area contributed by atoms with Crippen molar-refractivity contribution in [3.05, 3.63) is 28.5 Å². The van der Waals surface area contributed by atoms with Crippen LogP contribution >= 0.6 is 15.9 Å². The summed E-state index contributed by atoms with van der Waals surface area (Å²) in [5.74, 6) is -0.00456. The molecule has 1 aromatic heterocycles. The number of nitrogens with zero attached hydrogens (tertiary/aromatic N) is 1. The molecule has 0 radical (unpaired) electrons. The van der Waals surface area contributed by atoms with Crippen LogP contribution in [0.25, 0.3) is 0 Å². The number of nitrogens with one attached hydrogen (secondary N) is 1. The lowest BCUT2D eigenvalue weighted by atomic mass is 10.1. The lowest BCUT2D eigenvalue weighted by molar-refractivity contribution is 0.0896. The number of aliphatic hydroxyl groups is 1. The largest absolute Gasteiger partial charge is 0.394 e. The van der Waals surface area contributed by atoms with Crippen molar-refractivity contribution in [2.75, 3.05) is 6.61 Å². The number of halogens is 1. The van der Waals surface area contributed by atoms with Gasteiger partial charge in [-0.05, 0) is 34.0 Å². The topological polar surface area (TPSA) is 62.2 Å². The van der Waals surface area contributed by atoms with E-state index < -0.39 is 0 Å². The van der Waals surface area contributed by atoms with Gasteiger partial charge in [-0.2, -0.15) is 0 Å². The van der Waals surface area contributed by atoms with Crippen LogP contribution in [0, 0.1) is 5.92 Å². The fourth-order valence-corrected chi connectivity index (χ4v) is 1.58. The maximum Gasteiger partial charge on any atom is 0.251 e. The molecule has 4 nitrogen and oxygen atoms in total. The Hall–Kier alpha value is -0.940. The Morgan fingerprint density at radius 3 is 2.81 bits per heavy atom. The van der Waals surface area contributed by atoms with Crippen LogP contribution in [-0.4, -0.2) is 28.6 Å². The van der Waals surface area contributed by atoms with Gasteiger partial charge in [0.25, 0.3) is 5.91 Å².